The Morgan fingerprint density at radius 3 is 2.21 bits per heavy atom. The maximum absolute atomic E-state index is 12.4. The summed E-state index contributed by atoms with van der Waals surface area (Å²) >= 11 is 1.26. The number of hydrogen-bond acceptors (Lipinski definition) is 5. The molecule has 0 atom stereocenters. The van der Waals surface area contributed by atoms with E-state index in [1.165, 1.54) is 11.3 Å². The summed E-state index contributed by atoms with van der Waals surface area (Å²) in [7, 11) is 0. The number of carbonyl (C=O) groups excluding carboxylic acids is 3. The van der Waals surface area contributed by atoms with Crippen molar-refractivity contribution >= 4 is 28.9 Å². The van der Waals surface area contributed by atoms with Gasteiger partial charge in [0.1, 0.15) is 9.88 Å². The third kappa shape index (κ3) is 4.89. The number of ketones is 1. The second-order valence-corrected chi connectivity index (χ2v) is 7.09. The summed E-state index contributed by atoms with van der Waals surface area (Å²) in [5, 5.41) is 0.739. The highest BCUT2D eigenvalue weighted by Gasteiger charge is 2.17. The first-order valence-electron chi connectivity index (χ1n) is 8.75. The number of rotatable bonds is 6. The number of thiazole rings is 1. The molecule has 0 aliphatic carbocycles. The molecule has 0 fully saturated rings. The molecule has 2 N–H and O–H groups in total. The van der Waals surface area contributed by atoms with Gasteiger partial charge in [-0.2, -0.15) is 0 Å². The van der Waals surface area contributed by atoms with E-state index in [0.717, 1.165) is 10.6 Å². The highest BCUT2D eigenvalue weighted by molar-refractivity contribution is 7.17. The number of nitrogens with one attached hydrogen (secondary N) is 2. The molecule has 6 nitrogen and oxygen atoms in total. The first kappa shape index (κ1) is 19.4. The largest absolute Gasteiger partial charge is 0.294 e. The van der Waals surface area contributed by atoms with E-state index in [4.69, 9.17) is 0 Å². The lowest BCUT2D eigenvalue weighted by Crippen LogP contribution is -2.41. The highest BCUT2D eigenvalue weighted by Crippen LogP contribution is 2.27. The molecule has 0 radical (unpaired) electrons. The quantitative estimate of drug-likeness (QED) is 0.495. The number of benzene rings is 2. The van der Waals surface area contributed by atoms with Gasteiger partial charge in [0, 0.05) is 24.0 Å². The van der Waals surface area contributed by atoms with Gasteiger partial charge >= 0.3 is 0 Å². The van der Waals surface area contributed by atoms with E-state index in [1.54, 1.807) is 31.2 Å². The molecule has 0 aliphatic rings. The highest BCUT2D eigenvalue weighted by atomic mass is 32.1. The van der Waals surface area contributed by atoms with Gasteiger partial charge in [0.05, 0.1) is 5.69 Å². The summed E-state index contributed by atoms with van der Waals surface area (Å²) < 4.78 is 0. The van der Waals surface area contributed by atoms with Crippen LogP contribution in [0, 0.1) is 6.92 Å². The maximum Gasteiger partial charge on any atom is 0.281 e. The molecule has 0 aliphatic heterocycles. The van der Waals surface area contributed by atoms with Crippen molar-refractivity contribution in [3.05, 3.63) is 76.8 Å². The van der Waals surface area contributed by atoms with Crippen LogP contribution in [0.4, 0.5) is 0 Å². The Labute approximate surface area is 166 Å². The van der Waals surface area contributed by atoms with E-state index in [9.17, 15) is 14.4 Å². The normalized spacial score (nSPS) is 10.3. The van der Waals surface area contributed by atoms with Crippen LogP contribution < -0.4 is 10.9 Å². The number of Topliss-reactive ketones (excluding diaryl/α,β-unsaturated/α-hetero) is 1. The molecule has 3 rings (SSSR count). The Morgan fingerprint density at radius 2 is 1.54 bits per heavy atom. The van der Waals surface area contributed by atoms with Gasteiger partial charge in [-0.05, 0) is 6.92 Å². The van der Waals surface area contributed by atoms with Gasteiger partial charge in [-0.15, -0.1) is 11.3 Å². The van der Waals surface area contributed by atoms with Crippen LogP contribution in [-0.2, 0) is 4.79 Å². The zero-order chi connectivity index (χ0) is 19.9. The minimum atomic E-state index is -0.431. The second kappa shape index (κ2) is 9.05. The maximum atomic E-state index is 12.4. The molecule has 142 valence electrons. The Hall–Kier alpha value is -3.32. The Balaban J connectivity index is 1.52. The molecule has 0 unspecified atom stereocenters. The first-order valence-corrected chi connectivity index (χ1v) is 9.56. The minimum absolute atomic E-state index is 0.00898. The van der Waals surface area contributed by atoms with Gasteiger partial charge in [-0.1, -0.05) is 60.7 Å². The molecule has 0 bridgehead atoms. The molecule has 0 saturated carbocycles. The Morgan fingerprint density at radius 1 is 0.893 bits per heavy atom. The van der Waals surface area contributed by atoms with Crippen molar-refractivity contribution in [2.75, 3.05) is 0 Å². The SMILES string of the molecule is Cc1nc(-c2ccccc2)sc1C(=O)NNC(=O)CCC(=O)c1ccccc1. The van der Waals surface area contributed by atoms with Gasteiger partial charge in [-0.25, -0.2) is 4.98 Å². The van der Waals surface area contributed by atoms with E-state index in [1.807, 2.05) is 36.4 Å². The van der Waals surface area contributed by atoms with E-state index in [-0.39, 0.29) is 18.6 Å². The summed E-state index contributed by atoms with van der Waals surface area (Å²) in [6, 6.07) is 18.4. The smallest absolute Gasteiger partial charge is 0.281 e. The Bertz CT molecular complexity index is 985. The third-order valence-electron chi connectivity index (χ3n) is 4.01. The summed E-state index contributed by atoms with van der Waals surface area (Å²) in [5.74, 6) is -0.976. The molecule has 3 aromatic rings. The standard InChI is InChI=1S/C21H19N3O3S/c1-14-19(28-21(22-14)16-10-6-3-7-11-16)20(27)24-23-18(26)13-12-17(25)15-8-4-2-5-9-15/h2-11H,12-13H2,1H3,(H,23,26)(H,24,27). The fourth-order valence-corrected chi connectivity index (χ4v) is 3.52. The summed E-state index contributed by atoms with van der Waals surface area (Å²) in [4.78, 5) is 41.2. The van der Waals surface area contributed by atoms with Gasteiger partial charge in [0.25, 0.3) is 5.91 Å². The lowest BCUT2D eigenvalue weighted by molar-refractivity contribution is -0.121. The lowest BCUT2D eigenvalue weighted by atomic mass is 10.1. The topological polar surface area (TPSA) is 88.2 Å². The van der Waals surface area contributed by atoms with Crippen molar-refractivity contribution in [1.82, 2.24) is 15.8 Å². The third-order valence-corrected chi connectivity index (χ3v) is 5.22. The average molecular weight is 393 g/mol. The fraction of sp³-hybridized carbons (Fsp3) is 0.143. The van der Waals surface area contributed by atoms with Gasteiger partial charge in [-0.3, -0.25) is 25.2 Å². The van der Waals surface area contributed by atoms with E-state index < -0.39 is 11.8 Å². The van der Waals surface area contributed by atoms with Crippen LogP contribution in [0.5, 0.6) is 0 Å². The molecule has 7 heteroatoms. The molecule has 0 spiro atoms. The molecule has 1 aromatic heterocycles. The number of amides is 2. The second-order valence-electron chi connectivity index (χ2n) is 6.09. The number of aryl methyl sites for hydroxylation is 1. The van der Waals surface area contributed by atoms with E-state index in [0.29, 0.717) is 16.1 Å². The predicted octanol–water partition coefficient (Wildman–Crippen LogP) is 3.54. The summed E-state index contributed by atoms with van der Waals surface area (Å²) in [6.07, 6.45) is 0.0639. The minimum Gasteiger partial charge on any atom is -0.294 e. The molecule has 1 heterocycles. The monoisotopic (exact) mass is 393 g/mol. The molecular formula is C21H19N3O3S. The molecule has 2 aromatic carbocycles. The van der Waals surface area contributed by atoms with Crippen LogP contribution in [0.1, 0.15) is 38.6 Å². The van der Waals surface area contributed by atoms with Crippen LogP contribution >= 0.6 is 11.3 Å². The van der Waals surface area contributed by atoms with Crippen LogP contribution in [0.15, 0.2) is 60.7 Å². The van der Waals surface area contributed by atoms with Crippen LogP contribution in [0.3, 0.4) is 0 Å². The zero-order valence-electron chi connectivity index (χ0n) is 15.3. The number of aromatic nitrogens is 1. The number of carbonyl (C=O) groups is 3. The van der Waals surface area contributed by atoms with Crippen molar-refractivity contribution < 1.29 is 14.4 Å². The molecule has 28 heavy (non-hydrogen) atoms. The van der Waals surface area contributed by atoms with E-state index >= 15 is 0 Å². The number of hydrogen-bond donors (Lipinski definition) is 2. The van der Waals surface area contributed by atoms with Crippen molar-refractivity contribution in [2.45, 2.75) is 19.8 Å². The van der Waals surface area contributed by atoms with Crippen molar-refractivity contribution in [1.29, 1.82) is 0 Å². The molecular weight excluding hydrogens is 374 g/mol. The van der Waals surface area contributed by atoms with Crippen LogP contribution in [0.25, 0.3) is 10.6 Å². The van der Waals surface area contributed by atoms with Crippen LogP contribution in [-0.4, -0.2) is 22.6 Å². The average Bonchev–Trinajstić information content (AvgIpc) is 3.13. The summed E-state index contributed by atoms with van der Waals surface area (Å²) in [6.45, 7) is 1.75. The molecule has 0 saturated heterocycles. The Kier molecular flexibility index (Phi) is 6.29. The first-order chi connectivity index (χ1) is 13.5. The van der Waals surface area contributed by atoms with Gasteiger partial charge < -0.3 is 0 Å². The number of hydrazine groups is 1. The van der Waals surface area contributed by atoms with E-state index in [2.05, 4.69) is 15.8 Å². The molecule has 2 amide bonds. The number of nitrogens with zero attached hydrogens (tertiary/aromatic N) is 1. The fourth-order valence-electron chi connectivity index (χ4n) is 2.55. The van der Waals surface area contributed by atoms with Crippen molar-refractivity contribution in [3.8, 4) is 10.6 Å². The summed E-state index contributed by atoms with van der Waals surface area (Å²) in [5.41, 5.74) is 6.82. The van der Waals surface area contributed by atoms with Crippen molar-refractivity contribution in [2.24, 2.45) is 0 Å². The zero-order valence-corrected chi connectivity index (χ0v) is 16.1. The predicted molar refractivity (Wildman–Crippen MR) is 108 cm³/mol. The van der Waals surface area contributed by atoms with Gasteiger partial charge in [0.15, 0.2) is 5.78 Å². The van der Waals surface area contributed by atoms with Crippen molar-refractivity contribution in [3.63, 3.8) is 0 Å². The van der Waals surface area contributed by atoms with Gasteiger partial charge in [0.2, 0.25) is 5.91 Å². The lowest BCUT2D eigenvalue weighted by Gasteiger charge is -2.06. The van der Waals surface area contributed by atoms with Crippen LogP contribution in [0.2, 0.25) is 0 Å².